The minimum absolute atomic E-state index is 0.0196. The molecular weight excluding hydrogens is 244 g/mol. The number of aromatic nitrogens is 2. The third-order valence-electron chi connectivity index (χ3n) is 3.35. The van der Waals surface area contributed by atoms with Gasteiger partial charge >= 0.3 is 0 Å². The Labute approximate surface area is 112 Å². The highest BCUT2D eigenvalue weighted by Gasteiger charge is 2.14. The van der Waals surface area contributed by atoms with Crippen LogP contribution in [0, 0.1) is 11.8 Å². The second kappa shape index (κ2) is 5.57. The number of hydrogen-bond acceptors (Lipinski definition) is 3. The van der Waals surface area contributed by atoms with Crippen LogP contribution < -0.4 is 5.43 Å². The summed E-state index contributed by atoms with van der Waals surface area (Å²) in [6, 6.07) is 7.61. The predicted octanol–water partition coefficient (Wildman–Crippen LogP) is 2.60. The van der Waals surface area contributed by atoms with Crippen molar-refractivity contribution in [1.82, 2.24) is 9.78 Å². The Balaban J connectivity index is 2.46. The van der Waals surface area contributed by atoms with Crippen LogP contribution in [-0.2, 0) is 6.54 Å². The summed E-state index contributed by atoms with van der Waals surface area (Å²) in [6.07, 6.45) is 1.40. The molecule has 2 aromatic rings. The smallest absolute Gasteiger partial charge is 0.207 e. The predicted molar refractivity (Wildman–Crippen MR) is 78.2 cm³/mol. The van der Waals surface area contributed by atoms with E-state index in [2.05, 4.69) is 31.6 Å². The number of thiol groups is 1. The third kappa shape index (κ3) is 2.58. The Morgan fingerprint density at radius 1 is 1.33 bits per heavy atom. The van der Waals surface area contributed by atoms with Crippen molar-refractivity contribution in [2.24, 2.45) is 11.8 Å². The van der Waals surface area contributed by atoms with Crippen LogP contribution in [0.2, 0.25) is 0 Å². The van der Waals surface area contributed by atoms with Crippen LogP contribution in [0.5, 0.6) is 0 Å². The second-order valence-corrected chi connectivity index (χ2v) is 5.26. The van der Waals surface area contributed by atoms with Gasteiger partial charge < -0.3 is 0 Å². The molecule has 0 N–H and O–H groups in total. The molecule has 0 aliphatic rings. The molecule has 0 fully saturated rings. The van der Waals surface area contributed by atoms with Gasteiger partial charge in [0.1, 0.15) is 0 Å². The summed E-state index contributed by atoms with van der Waals surface area (Å²) >= 11 is 4.40. The number of fused-ring (bicyclic) bond motifs is 1. The molecule has 1 aromatic heterocycles. The van der Waals surface area contributed by atoms with Crippen LogP contribution in [0.25, 0.3) is 10.9 Å². The zero-order valence-corrected chi connectivity index (χ0v) is 11.6. The largest absolute Gasteiger partial charge is 0.287 e. The molecule has 0 saturated carbocycles. The molecule has 0 aliphatic heterocycles. The fourth-order valence-corrected chi connectivity index (χ4v) is 2.55. The molecule has 1 heterocycles. The lowest BCUT2D eigenvalue weighted by Gasteiger charge is -2.20. The summed E-state index contributed by atoms with van der Waals surface area (Å²) < 4.78 is 1.91. The van der Waals surface area contributed by atoms with Gasteiger partial charge in [-0.05, 0) is 29.7 Å². The first-order valence-electron chi connectivity index (χ1n) is 6.19. The molecule has 0 spiro atoms. The SMILES string of the molecule is CC(C)C(CS)Cn1ncc(=O)c2ccccc21. The van der Waals surface area contributed by atoms with Crippen molar-refractivity contribution in [3.05, 3.63) is 40.7 Å². The lowest BCUT2D eigenvalue weighted by atomic mass is 9.98. The minimum Gasteiger partial charge on any atom is -0.287 e. The Hall–Kier alpha value is -1.29. The van der Waals surface area contributed by atoms with Crippen molar-refractivity contribution in [3.63, 3.8) is 0 Å². The summed E-state index contributed by atoms with van der Waals surface area (Å²) in [7, 11) is 0. The van der Waals surface area contributed by atoms with E-state index in [1.165, 1.54) is 6.20 Å². The first kappa shape index (κ1) is 13.1. The molecule has 96 valence electrons. The van der Waals surface area contributed by atoms with Crippen molar-refractivity contribution in [3.8, 4) is 0 Å². The third-order valence-corrected chi connectivity index (χ3v) is 3.82. The monoisotopic (exact) mass is 262 g/mol. The maximum absolute atomic E-state index is 11.7. The standard InChI is InChI=1S/C14H18N2OS/c1-10(2)11(9-18)8-16-13-6-4-3-5-12(13)14(17)7-15-16/h3-7,10-11,18H,8-9H2,1-2H3. The fourth-order valence-electron chi connectivity index (χ4n) is 2.01. The highest BCUT2D eigenvalue weighted by atomic mass is 32.1. The summed E-state index contributed by atoms with van der Waals surface area (Å²) in [5.74, 6) is 1.81. The van der Waals surface area contributed by atoms with E-state index in [1.54, 1.807) is 0 Å². The maximum atomic E-state index is 11.7. The minimum atomic E-state index is -0.0196. The van der Waals surface area contributed by atoms with Crippen molar-refractivity contribution in [2.45, 2.75) is 20.4 Å². The molecule has 3 nitrogen and oxygen atoms in total. The summed E-state index contributed by atoms with van der Waals surface area (Å²) in [6.45, 7) is 5.17. The van der Waals surface area contributed by atoms with Gasteiger partial charge in [0.2, 0.25) is 5.43 Å². The lowest BCUT2D eigenvalue weighted by molar-refractivity contribution is 0.359. The van der Waals surface area contributed by atoms with Gasteiger partial charge in [-0.1, -0.05) is 26.0 Å². The first-order valence-corrected chi connectivity index (χ1v) is 6.82. The van der Waals surface area contributed by atoms with E-state index in [0.717, 1.165) is 23.2 Å². The van der Waals surface area contributed by atoms with Crippen LogP contribution in [0.4, 0.5) is 0 Å². The number of hydrogen-bond donors (Lipinski definition) is 1. The van der Waals surface area contributed by atoms with E-state index in [4.69, 9.17) is 0 Å². The van der Waals surface area contributed by atoms with E-state index in [0.29, 0.717) is 11.8 Å². The molecule has 0 bridgehead atoms. The Morgan fingerprint density at radius 3 is 2.72 bits per heavy atom. The van der Waals surface area contributed by atoms with E-state index in [-0.39, 0.29) is 5.43 Å². The Bertz CT molecular complexity index is 592. The van der Waals surface area contributed by atoms with Gasteiger partial charge in [-0.15, -0.1) is 0 Å². The molecule has 2 rings (SSSR count). The van der Waals surface area contributed by atoms with E-state index in [1.807, 2.05) is 28.9 Å². The van der Waals surface area contributed by atoms with Crippen LogP contribution in [0.3, 0.4) is 0 Å². The molecule has 1 unspecified atom stereocenters. The fraction of sp³-hybridized carbons (Fsp3) is 0.429. The number of nitrogens with zero attached hydrogens (tertiary/aromatic N) is 2. The van der Waals surface area contributed by atoms with Crippen LogP contribution in [0.1, 0.15) is 13.8 Å². The van der Waals surface area contributed by atoms with Gasteiger partial charge in [0.15, 0.2) is 0 Å². The Kier molecular flexibility index (Phi) is 4.07. The second-order valence-electron chi connectivity index (χ2n) is 4.89. The number of para-hydroxylation sites is 1. The summed E-state index contributed by atoms with van der Waals surface area (Å²) in [5, 5.41) is 4.98. The van der Waals surface area contributed by atoms with Crippen molar-refractivity contribution in [2.75, 3.05) is 5.75 Å². The average Bonchev–Trinajstić information content (AvgIpc) is 2.38. The maximum Gasteiger partial charge on any atom is 0.207 e. The Morgan fingerprint density at radius 2 is 2.06 bits per heavy atom. The van der Waals surface area contributed by atoms with Gasteiger partial charge in [-0.25, -0.2) is 0 Å². The molecule has 0 aliphatic carbocycles. The number of benzene rings is 1. The normalized spacial score (nSPS) is 13.1. The van der Waals surface area contributed by atoms with Crippen LogP contribution >= 0.6 is 12.6 Å². The molecular formula is C14H18N2OS. The van der Waals surface area contributed by atoms with E-state index >= 15 is 0 Å². The highest BCUT2D eigenvalue weighted by molar-refractivity contribution is 7.80. The molecule has 0 amide bonds. The summed E-state index contributed by atoms with van der Waals surface area (Å²) in [4.78, 5) is 11.7. The topological polar surface area (TPSA) is 34.9 Å². The lowest BCUT2D eigenvalue weighted by Crippen LogP contribution is -2.21. The van der Waals surface area contributed by atoms with E-state index in [9.17, 15) is 4.79 Å². The van der Waals surface area contributed by atoms with Gasteiger partial charge in [-0.2, -0.15) is 17.7 Å². The first-order chi connectivity index (χ1) is 8.63. The van der Waals surface area contributed by atoms with Gasteiger partial charge in [-0.3, -0.25) is 9.48 Å². The van der Waals surface area contributed by atoms with Crippen molar-refractivity contribution >= 4 is 23.5 Å². The van der Waals surface area contributed by atoms with Gasteiger partial charge in [0.05, 0.1) is 11.7 Å². The highest BCUT2D eigenvalue weighted by Crippen LogP contribution is 2.17. The molecule has 0 saturated heterocycles. The molecule has 0 radical (unpaired) electrons. The zero-order chi connectivity index (χ0) is 13.1. The van der Waals surface area contributed by atoms with Gasteiger partial charge in [0, 0.05) is 11.9 Å². The van der Waals surface area contributed by atoms with Crippen LogP contribution in [0.15, 0.2) is 35.3 Å². The molecule has 18 heavy (non-hydrogen) atoms. The molecule has 1 atom stereocenters. The van der Waals surface area contributed by atoms with Crippen molar-refractivity contribution in [1.29, 1.82) is 0 Å². The quantitative estimate of drug-likeness (QED) is 0.860. The average molecular weight is 262 g/mol. The van der Waals surface area contributed by atoms with Gasteiger partial charge in [0.25, 0.3) is 0 Å². The summed E-state index contributed by atoms with van der Waals surface area (Å²) in [5.41, 5.74) is 0.881. The van der Waals surface area contributed by atoms with Crippen molar-refractivity contribution < 1.29 is 0 Å². The molecule has 4 heteroatoms. The molecule has 1 aromatic carbocycles. The van der Waals surface area contributed by atoms with Crippen LogP contribution in [-0.4, -0.2) is 15.5 Å². The van der Waals surface area contributed by atoms with E-state index < -0.39 is 0 Å². The zero-order valence-electron chi connectivity index (χ0n) is 10.7. The number of rotatable bonds is 4.